The summed E-state index contributed by atoms with van der Waals surface area (Å²) in [6.07, 6.45) is 1.67. The van der Waals surface area contributed by atoms with E-state index >= 15 is 0 Å². The second-order valence-electron chi connectivity index (χ2n) is 2.48. The summed E-state index contributed by atoms with van der Waals surface area (Å²) in [6.45, 7) is 3.36. The van der Waals surface area contributed by atoms with Gasteiger partial charge in [-0.3, -0.25) is 0 Å². The summed E-state index contributed by atoms with van der Waals surface area (Å²) < 4.78 is 10.4. The highest BCUT2D eigenvalue weighted by molar-refractivity contribution is 5.94. The van der Waals surface area contributed by atoms with E-state index in [2.05, 4.69) is 4.99 Å². The molecule has 3 nitrogen and oxygen atoms in total. The Labute approximate surface area is 64.7 Å². The third-order valence-electron chi connectivity index (χ3n) is 1.56. The minimum absolute atomic E-state index is 0.694. The lowest BCUT2D eigenvalue weighted by Gasteiger charge is -1.93. The number of aliphatic imine (C=N–C) groups is 1. The van der Waals surface area contributed by atoms with Crippen molar-refractivity contribution >= 4 is 5.90 Å². The van der Waals surface area contributed by atoms with Crippen LogP contribution in [-0.2, 0) is 4.74 Å². The third-order valence-corrected chi connectivity index (χ3v) is 1.56. The quantitative estimate of drug-likeness (QED) is 0.607. The zero-order chi connectivity index (χ0) is 7.68. The number of hydrogen-bond acceptors (Lipinski definition) is 3. The van der Waals surface area contributed by atoms with Crippen molar-refractivity contribution in [3.63, 3.8) is 0 Å². The van der Waals surface area contributed by atoms with Crippen LogP contribution in [0.15, 0.2) is 21.7 Å². The normalized spacial score (nSPS) is 16.3. The van der Waals surface area contributed by atoms with E-state index in [1.807, 2.05) is 13.0 Å². The van der Waals surface area contributed by atoms with Crippen molar-refractivity contribution in [1.82, 2.24) is 0 Å². The van der Waals surface area contributed by atoms with Gasteiger partial charge in [0.25, 0.3) is 0 Å². The molecule has 3 heteroatoms. The van der Waals surface area contributed by atoms with Crippen molar-refractivity contribution in [3.8, 4) is 0 Å². The fourth-order valence-electron chi connectivity index (χ4n) is 1.07. The number of furan rings is 1. The van der Waals surface area contributed by atoms with Crippen LogP contribution in [0.5, 0.6) is 0 Å². The number of rotatable bonds is 1. The lowest BCUT2D eigenvalue weighted by Crippen LogP contribution is -1.98. The van der Waals surface area contributed by atoms with Crippen molar-refractivity contribution in [2.45, 2.75) is 6.92 Å². The van der Waals surface area contributed by atoms with Gasteiger partial charge in [-0.25, -0.2) is 4.99 Å². The average molecular weight is 151 g/mol. The van der Waals surface area contributed by atoms with Gasteiger partial charge in [0.2, 0.25) is 5.90 Å². The molecule has 0 bridgehead atoms. The molecular weight excluding hydrogens is 142 g/mol. The maximum absolute atomic E-state index is 5.24. The van der Waals surface area contributed by atoms with E-state index < -0.39 is 0 Å². The molecule has 0 spiro atoms. The second kappa shape index (κ2) is 2.42. The first-order chi connectivity index (χ1) is 5.36. The number of aryl methyl sites for hydroxylation is 1. The summed E-state index contributed by atoms with van der Waals surface area (Å²) in [6, 6.07) is 1.92. The molecule has 1 aromatic heterocycles. The van der Waals surface area contributed by atoms with Gasteiger partial charge in [-0.1, -0.05) is 0 Å². The van der Waals surface area contributed by atoms with Gasteiger partial charge in [0.05, 0.1) is 12.1 Å². The summed E-state index contributed by atoms with van der Waals surface area (Å²) >= 11 is 0. The summed E-state index contributed by atoms with van der Waals surface area (Å²) in [4.78, 5) is 4.15. The number of nitrogens with zero attached hydrogens (tertiary/aromatic N) is 1. The fraction of sp³-hybridized carbons (Fsp3) is 0.375. The van der Waals surface area contributed by atoms with Crippen LogP contribution in [0.4, 0.5) is 0 Å². The van der Waals surface area contributed by atoms with E-state index in [4.69, 9.17) is 9.15 Å². The largest absolute Gasteiger partial charge is 0.475 e. The molecule has 1 aromatic rings. The van der Waals surface area contributed by atoms with Gasteiger partial charge in [0.1, 0.15) is 18.6 Å². The summed E-state index contributed by atoms with van der Waals surface area (Å²) in [7, 11) is 0. The second-order valence-corrected chi connectivity index (χ2v) is 2.48. The predicted octanol–water partition coefficient (Wildman–Crippen LogP) is 1.36. The van der Waals surface area contributed by atoms with E-state index in [-0.39, 0.29) is 0 Å². The molecule has 0 aromatic carbocycles. The Morgan fingerprint density at radius 2 is 2.45 bits per heavy atom. The van der Waals surface area contributed by atoms with Gasteiger partial charge in [0, 0.05) is 0 Å². The first kappa shape index (κ1) is 6.46. The Balaban J connectivity index is 2.28. The zero-order valence-corrected chi connectivity index (χ0v) is 6.33. The molecule has 0 saturated carbocycles. The minimum Gasteiger partial charge on any atom is -0.475 e. The molecule has 1 aliphatic heterocycles. The van der Waals surface area contributed by atoms with E-state index in [1.54, 1.807) is 6.26 Å². The van der Waals surface area contributed by atoms with E-state index in [9.17, 15) is 0 Å². The van der Waals surface area contributed by atoms with Crippen molar-refractivity contribution in [3.05, 3.63) is 23.7 Å². The lowest BCUT2D eigenvalue weighted by molar-refractivity contribution is 0.348. The molecule has 58 valence electrons. The smallest absolute Gasteiger partial charge is 0.219 e. The van der Waals surface area contributed by atoms with Crippen LogP contribution in [0, 0.1) is 6.92 Å². The average Bonchev–Trinajstić information content (AvgIpc) is 2.55. The highest BCUT2D eigenvalue weighted by atomic mass is 16.5. The molecule has 0 aliphatic carbocycles. The Kier molecular flexibility index (Phi) is 1.42. The van der Waals surface area contributed by atoms with Gasteiger partial charge in [0.15, 0.2) is 0 Å². The predicted molar refractivity (Wildman–Crippen MR) is 40.8 cm³/mol. The van der Waals surface area contributed by atoms with Gasteiger partial charge in [-0.2, -0.15) is 0 Å². The van der Waals surface area contributed by atoms with Crippen LogP contribution in [0.1, 0.15) is 11.3 Å². The highest BCUT2D eigenvalue weighted by Gasteiger charge is 2.11. The Hall–Kier alpha value is -1.25. The third kappa shape index (κ3) is 1.13. The monoisotopic (exact) mass is 151 g/mol. The van der Waals surface area contributed by atoms with Crippen LogP contribution in [0.2, 0.25) is 0 Å². The Morgan fingerprint density at radius 1 is 1.55 bits per heavy atom. The first-order valence-corrected chi connectivity index (χ1v) is 3.59. The molecule has 0 radical (unpaired) electrons. The Bertz CT molecular complexity index is 288. The summed E-state index contributed by atoms with van der Waals surface area (Å²) in [5.74, 6) is 1.60. The summed E-state index contributed by atoms with van der Waals surface area (Å²) in [5, 5.41) is 0. The molecule has 0 atom stereocenters. The van der Waals surface area contributed by atoms with Crippen LogP contribution in [0.25, 0.3) is 0 Å². The number of hydrogen-bond donors (Lipinski definition) is 0. The van der Waals surface area contributed by atoms with E-state index in [0.717, 1.165) is 17.9 Å². The van der Waals surface area contributed by atoms with Gasteiger partial charge >= 0.3 is 0 Å². The van der Waals surface area contributed by atoms with Crippen molar-refractivity contribution < 1.29 is 9.15 Å². The molecule has 11 heavy (non-hydrogen) atoms. The Morgan fingerprint density at radius 3 is 3.00 bits per heavy atom. The van der Waals surface area contributed by atoms with E-state index in [1.165, 1.54) is 0 Å². The van der Waals surface area contributed by atoms with Crippen LogP contribution in [-0.4, -0.2) is 19.0 Å². The van der Waals surface area contributed by atoms with Gasteiger partial charge in [-0.05, 0) is 13.0 Å². The minimum atomic E-state index is 0.694. The van der Waals surface area contributed by atoms with Crippen molar-refractivity contribution in [2.24, 2.45) is 4.99 Å². The van der Waals surface area contributed by atoms with Crippen LogP contribution < -0.4 is 0 Å². The molecule has 0 amide bonds. The maximum atomic E-state index is 5.24. The molecular formula is C8H9NO2. The number of ether oxygens (including phenoxy) is 1. The maximum Gasteiger partial charge on any atom is 0.219 e. The van der Waals surface area contributed by atoms with Crippen LogP contribution in [0.3, 0.4) is 0 Å². The fourth-order valence-corrected chi connectivity index (χ4v) is 1.07. The van der Waals surface area contributed by atoms with Gasteiger partial charge in [-0.15, -0.1) is 0 Å². The highest BCUT2D eigenvalue weighted by Crippen LogP contribution is 2.10. The molecule has 0 saturated heterocycles. The van der Waals surface area contributed by atoms with E-state index in [0.29, 0.717) is 12.5 Å². The zero-order valence-electron chi connectivity index (χ0n) is 6.33. The molecule has 2 rings (SSSR count). The van der Waals surface area contributed by atoms with Crippen molar-refractivity contribution in [1.29, 1.82) is 0 Å². The van der Waals surface area contributed by atoms with Crippen molar-refractivity contribution in [2.75, 3.05) is 13.2 Å². The SMILES string of the molecule is Cc1cc(C2=NCCO2)co1. The topological polar surface area (TPSA) is 34.7 Å². The standard InChI is InChI=1S/C8H9NO2/c1-6-4-7(5-11-6)8-9-2-3-10-8/h4-5H,2-3H2,1H3. The molecule has 0 fully saturated rings. The van der Waals surface area contributed by atoms with Crippen LogP contribution >= 0.6 is 0 Å². The molecule has 1 aliphatic rings. The summed E-state index contributed by atoms with van der Waals surface area (Å²) in [5.41, 5.74) is 0.944. The van der Waals surface area contributed by atoms with Gasteiger partial charge < -0.3 is 9.15 Å². The molecule has 0 N–H and O–H groups in total. The first-order valence-electron chi connectivity index (χ1n) is 3.59. The lowest BCUT2D eigenvalue weighted by atomic mass is 10.3. The molecule has 0 unspecified atom stereocenters. The molecule has 2 heterocycles.